The van der Waals surface area contributed by atoms with Crippen LogP contribution >= 0.6 is 15.9 Å². The van der Waals surface area contributed by atoms with Gasteiger partial charge in [-0.05, 0) is 35.9 Å². The van der Waals surface area contributed by atoms with E-state index in [2.05, 4.69) is 45.8 Å². The lowest BCUT2D eigenvalue weighted by Crippen LogP contribution is -2.39. The van der Waals surface area contributed by atoms with Crippen molar-refractivity contribution in [2.75, 3.05) is 0 Å². The Kier molecular flexibility index (Phi) is 4.47. The Morgan fingerprint density at radius 2 is 1.86 bits per heavy atom. The van der Waals surface area contributed by atoms with Crippen molar-refractivity contribution >= 4 is 21.8 Å². The molecule has 78 valence electrons. The number of carbonyl (C=O) groups excluding carboxylic acids is 1. The van der Waals surface area contributed by atoms with E-state index in [4.69, 9.17) is 0 Å². The molecule has 2 atom stereocenters. The van der Waals surface area contributed by atoms with Gasteiger partial charge >= 0.3 is 0 Å². The van der Waals surface area contributed by atoms with Gasteiger partial charge in [-0.1, -0.05) is 13.8 Å². The molecule has 0 aromatic heterocycles. The van der Waals surface area contributed by atoms with Gasteiger partial charge in [0.1, 0.15) is 0 Å². The highest BCUT2D eigenvalue weighted by Crippen LogP contribution is 2.28. The smallest absolute Gasteiger partial charge is 0.296 e. The first-order valence-corrected chi connectivity index (χ1v) is 5.83. The lowest BCUT2D eigenvalue weighted by Gasteiger charge is -2.31. The number of hydrogen-bond donors (Lipinski definition) is 1. The molecule has 1 amide bonds. The summed E-state index contributed by atoms with van der Waals surface area (Å²) in [5.74, 6) is 3.68. The van der Waals surface area contributed by atoms with Crippen molar-refractivity contribution in [3.63, 3.8) is 0 Å². The van der Waals surface area contributed by atoms with Crippen molar-refractivity contribution < 1.29 is 4.79 Å². The van der Waals surface area contributed by atoms with E-state index in [1.165, 1.54) is 6.42 Å². The zero-order chi connectivity index (χ0) is 10.6. The van der Waals surface area contributed by atoms with Crippen LogP contribution in [0.4, 0.5) is 0 Å². The second-order valence-corrected chi connectivity index (χ2v) is 4.70. The Morgan fingerprint density at radius 1 is 1.29 bits per heavy atom. The van der Waals surface area contributed by atoms with Gasteiger partial charge in [-0.15, -0.1) is 0 Å². The van der Waals surface area contributed by atoms with Gasteiger partial charge < -0.3 is 5.32 Å². The first kappa shape index (κ1) is 11.6. The van der Waals surface area contributed by atoms with Crippen molar-refractivity contribution in [3.8, 4) is 10.8 Å². The van der Waals surface area contributed by atoms with Gasteiger partial charge in [0.15, 0.2) is 0 Å². The molecule has 1 fully saturated rings. The third-order valence-corrected chi connectivity index (χ3v) is 2.87. The van der Waals surface area contributed by atoms with Crippen LogP contribution in [0.5, 0.6) is 0 Å². The van der Waals surface area contributed by atoms with E-state index in [1.54, 1.807) is 0 Å². The molecule has 0 saturated heterocycles. The normalized spacial score (nSPS) is 31.5. The molecule has 2 unspecified atom stereocenters. The lowest BCUT2D eigenvalue weighted by atomic mass is 9.80. The van der Waals surface area contributed by atoms with E-state index in [0.717, 1.165) is 12.8 Å². The van der Waals surface area contributed by atoms with Gasteiger partial charge in [0, 0.05) is 27.9 Å². The fraction of sp³-hybridized carbons (Fsp3) is 0.727. The van der Waals surface area contributed by atoms with E-state index < -0.39 is 0 Å². The van der Waals surface area contributed by atoms with Crippen LogP contribution in [-0.2, 0) is 4.79 Å². The van der Waals surface area contributed by atoms with Crippen molar-refractivity contribution in [2.24, 2.45) is 11.8 Å². The third kappa shape index (κ3) is 3.71. The van der Waals surface area contributed by atoms with Crippen molar-refractivity contribution in [2.45, 2.75) is 39.2 Å². The molecule has 0 aliphatic heterocycles. The molecular weight excluding hydrogens is 242 g/mol. The molecule has 0 heterocycles. The molecule has 0 radical (unpaired) electrons. The maximum Gasteiger partial charge on any atom is 0.296 e. The first-order valence-electron chi connectivity index (χ1n) is 5.04. The van der Waals surface area contributed by atoms with Gasteiger partial charge in [0.2, 0.25) is 0 Å². The minimum Gasteiger partial charge on any atom is -0.342 e. The van der Waals surface area contributed by atoms with Gasteiger partial charge in [0.05, 0.1) is 0 Å². The molecule has 1 aliphatic rings. The molecule has 1 saturated carbocycles. The highest BCUT2D eigenvalue weighted by atomic mass is 79.9. The van der Waals surface area contributed by atoms with E-state index in [9.17, 15) is 4.79 Å². The van der Waals surface area contributed by atoms with E-state index in [0.29, 0.717) is 17.9 Å². The summed E-state index contributed by atoms with van der Waals surface area (Å²) >= 11 is 2.92. The molecule has 1 N–H and O–H groups in total. The summed E-state index contributed by atoms with van der Waals surface area (Å²) in [6, 6.07) is 0.314. The van der Waals surface area contributed by atoms with Gasteiger partial charge in [-0.3, -0.25) is 4.79 Å². The molecule has 1 rings (SSSR count). The topological polar surface area (TPSA) is 29.1 Å². The number of rotatable bonds is 1. The fourth-order valence-electron chi connectivity index (χ4n) is 2.33. The standard InChI is InChI=1S/C11H16BrNO/c1-8-5-9(2)7-10(6-8)13-11(14)3-4-12/h8-10H,5-7H2,1-2H3,(H,13,14). The molecular formula is C11H16BrNO. The minimum atomic E-state index is -0.173. The second kappa shape index (κ2) is 5.41. The Labute approximate surface area is 94.0 Å². The van der Waals surface area contributed by atoms with E-state index in [-0.39, 0.29) is 5.91 Å². The van der Waals surface area contributed by atoms with Crippen molar-refractivity contribution in [1.29, 1.82) is 0 Å². The Bertz CT molecular complexity index is 256. The van der Waals surface area contributed by atoms with E-state index in [1.807, 2.05) is 0 Å². The number of amides is 1. The molecule has 0 spiro atoms. The quantitative estimate of drug-likeness (QED) is 0.718. The SMILES string of the molecule is CC1CC(C)CC(NC(=O)C#CBr)C1. The number of halogens is 1. The summed E-state index contributed by atoms with van der Waals surface area (Å²) in [6.45, 7) is 4.48. The van der Waals surface area contributed by atoms with E-state index >= 15 is 0 Å². The average Bonchev–Trinajstić information content (AvgIpc) is 2.01. The number of hydrogen-bond acceptors (Lipinski definition) is 1. The largest absolute Gasteiger partial charge is 0.342 e. The Balaban J connectivity index is 2.43. The Morgan fingerprint density at radius 3 is 2.36 bits per heavy atom. The first-order chi connectivity index (χ1) is 6.61. The van der Waals surface area contributed by atoms with Crippen LogP contribution in [0.25, 0.3) is 0 Å². The van der Waals surface area contributed by atoms with Crippen LogP contribution < -0.4 is 5.32 Å². The minimum absolute atomic E-state index is 0.173. The maximum atomic E-state index is 11.2. The highest BCUT2D eigenvalue weighted by Gasteiger charge is 2.24. The lowest BCUT2D eigenvalue weighted by molar-refractivity contribution is -0.116. The van der Waals surface area contributed by atoms with Crippen LogP contribution in [-0.4, -0.2) is 11.9 Å². The number of carbonyl (C=O) groups is 1. The second-order valence-electron chi connectivity index (χ2n) is 4.31. The summed E-state index contributed by atoms with van der Waals surface area (Å²) < 4.78 is 0. The van der Waals surface area contributed by atoms with Gasteiger partial charge in [0.25, 0.3) is 5.91 Å². The predicted molar refractivity (Wildman–Crippen MR) is 60.8 cm³/mol. The monoisotopic (exact) mass is 257 g/mol. The van der Waals surface area contributed by atoms with Gasteiger partial charge in [-0.25, -0.2) is 0 Å². The number of nitrogens with one attached hydrogen (secondary N) is 1. The summed E-state index contributed by atoms with van der Waals surface area (Å²) in [7, 11) is 0. The van der Waals surface area contributed by atoms with Crippen LogP contribution in [0.15, 0.2) is 0 Å². The summed E-state index contributed by atoms with van der Waals surface area (Å²) in [5.41, 5.74) is 0. The van der Waals surface area contributed by atoms with Crippen LogP contribution in [0.1, 0.15) is 33.1 Å². The molecule has 3 heteroatoms. The van der Waals surface area contributed by atoms with Crippen LogP contribution in [0, 0.1) is 22.6 Å². The van der Waals surface area contributed by atoms with Crippen LogP contribution in [0.2, 0.25) is 0 Å². The van der Waals surface area contributed by atoms with Crippen molar-refractivity contribution in [3.05, 3.63) is 0 Å². The molecule has 14 heavy (non-hydrogen) atoms. The fourth-order valence-corrected chi connectivity index (χ4v) is 2.51. The molecule has 0 aromatic rings. The summed E-state index contributed by atoms with van der Waals surface area (Å²) in [5, 5.41) is 2.94. The van der Waals surface area contributed by atoms with Crippen LogP contribution in [0.3, 0.4) is 0 Å². The molecule has 1 aliphatic carbocycles. The Hall–Kier alpha value is -0.490. The summed E-state index contributed by atoms with van der Waals surface area (Å²) in [4.78, 5) is 13.6. The molecule has 2 nitrogen and oxygen atoms in total. The van der Waals surface area contributed by atoms with Crippen molar-refractivity contribution in [1.82, 2.24) is 5.32 Å². The summed E-state index contributed by atoms with van der Waals surface area (Å²) in [6.07, 6.45) is 3.44. The highest BCUT2D eigenvalue weighted by molar-refractivity contribution is 9.12. The maximum absolute atomic E-state index is 11.2. The zero-order valence-electron chi connectivity index (χ0n) is 8.64. The molecule has 0 bridgehead atoms. The zero-order valence-corrected chi connectivity index (χ0v) is 10.2. The molecule has 0 aromatic carbocycles. The van der Waals surface area contributed by atoms with Gasteiger partial charge in [-0.2, -0.15) is 0 Å². The predicted octanol–water partition coefficient (Wildman–Crippen LogP) is 2.28. The third-order valence-electron chi connectivity index (χ3n) is 2.67. The average molecular weight is 258 g/mol.